The molecule has 1 unspecified atom stereocenters. The van der Waals surface area contributed by atoms with Crippen LogP contribution >= 0.6 is 24.0 Å². The van der Waals surface area contributed by atoms with Gasteiger partial charge in [-0.3, -0.25) is 4.99 Å². The minimum absolute atomic E-state index is 0. The number of aliphatic imine (C=N–C) groups is 1. The average molecular weight is 500 g/mol. The minimum Gasteiger partial charge on any atom is -0.497 e. The lowest BCUT2D eigenvalue weighted by Crippen LogP contribution is -2.40. The third-order valence-electron chi connectivity index (χ3n) is 6.05. The molecule has 3 rings (SSSR count). The van der Waals surface area contributed by atoms with Crippen LogP contribution in [0.3, 0.4) is 0 Å². The predicted molar refractivity (Wildman–Crippen MR) is 128 cm³/mol. The molecule has 0 amide bonds. The van der Waals surface area contributed by atoms with Crippen molar-refractivity contribution in [2.75, 3.05) is 53.4 Å². The molecule has 28 heavy (non-hydrogen) atoms. The molecule has 0 radical (unpaired) electrons. The summed E-state index contributed by atoms with van der Waals surface area (Å²) in [6.07, 6.45) is 5.06. The molecular formula is C22H37IN4O. The fourth-order valence-corrected chi connectivity index (χ4v) is 4.23. The third-order valence-corrected chi connectivity index (χ3v) is 6.05. The number of rotatable bonds is 6. The second-order valence-corrected chi connectivity index (χ2v) is 7.98. The second kappa shape index (κ2) is 11.9. The van der Waals surface area contributed by atoms with E-state index < -0.39 is 0 Å². The number of likely N-dealkylation sites (tertiary alicyclic amines) is 2. The Labute approximate surface area is 187 Å². The van der Waals surface area contributed by atoms with Crippen LogP contribution in [-0.2, 0) is 0 Å². The first-order chi connectivity index (χ1) is 13.2. The van der Waals surface area contributed by atoms with E-state index in [2.05, 4.69) is 53.4 Å². The molecule has 0 aromatic heterocycles. The third kappa shape index (κ3) is 6.51. The Morgan fingerprint density at radius 2 is 1.86 bits per heavy atom. The molecule has 0 spiro atoms. The SMILES string of the molecule is CCNC(=NCCC1CCN(C)CC1)N1CCC(c2ccc(OC)cc2)C1.I. The van der Waals surface area contributed by atoms with E-state index in [1.807, 2.05) is 0 Å². The van der Waals surface area contributed by atoms with Gasteiger partial charge in [-0.15, -0.1) is 24.0 Å². The summed E-state index contributed by atoms with van der Waals surface area (Å²) in [6.45, 7) is 8.64. The van der Waals surface area contributed by atoms with Gasteiger partial charge in [0.15, 0.2) is 5.96 Å². The molecule has 1 atom stereocenters. The average Bonchev–Trinajstić information content (AvgIpc) is 3.19. The van der Waals surface area contributed by atoms with Gasteiger partial charge in [0, 0.05) is 32.1 Å². The van der Waals surface area contributed by atoms with E-state index in [1.54, 1.807) is 7.11 Å². The van der Waals surface area contributed by atoms with Crippen molar-refractivity contribution in [1.29, 1.82) is 0 Å². The lowest BCUT2D eigenvalue weighted by Gasteiger charge is -2.28. The summed E-state index contributed by atoms with van der Waals surface area (Å²) in [5.74, 6) is 3.45. The fraction of sp³-hybridized carbons (Fsp3) is 0.682. The van der Waals surface area contributed by atoms with Gasteiger partial charge in [0.05, 0.1) is 7.11 Å². The van der Waals surface area contributed by atoms with Gasteiger partial charge in [-0.25, -0.2) is 0 Å². The van der Waals surface area contributed by atoms with Gasteiger partial charge in [0.2, 0.25) is 0 Å². The summed E-state index contributed by atoms with van der Waals surface area (Å²) >= 11 is 0. The lowest BCUT2D eigenvalue weighted by molar-refractivity contribution is 0.214. The van der Waals surface area contributed by atoms with Crippen LogP contribution < -0.4 is 10.1 Å². The Balaban J connectivity index is 0.00000280. The van der Waals surface area contributed by atoms with Gasteiger partial charge in [-0.05, 0) is 76.4 Å². The Bertz CT molecular complexity index is 599. The quantitative estimate of drug-likeness (QED) is 0.367. The molecule has 2 fully saturated rings. The van der Waals surface area contributed by atoms with Crippen LogP contribution in [0.25, 0.3) is 0 Å². The van der Waals surface area contributed by atoms with Gasteiger partial charge in [-0.1, -0.05) is 12.1 Å². The molecule has 0 saturated carbocycles. The van der Waals surface area contributed by atoms with Crippen LogP contribution in [0.5, 0.6) is 5.75 Å². The maximum Gasteiger partial charge on any atom is 0.193 e. The maximum atomic E-state index is 5.28. The summed E-state index contributed by atoms with van der Waals surface area (Å²) < 4.78 is 5.28. The number of hydrogen-bond acceptors (Lipinski definition) is 3. The number of ether oxygens (including phenoxy) is 1. The molecule has 2 aliphatic heterocycles. The molecule has 0 bridgehead atoms. The van der Waals surface area contributed by atoms with Crippen molar-refractivity contribution in [3.63, 3.8) is 0 Å². The Hall–Kier alpha value is -1.02. The Morgan fingerprint density at radius 3 is 2.50 bits per heavy atom. The zero-order chi connectivity index (χ0) is 19.1. The van der Waals surface area contributed by atoms with E-state index in [0.717, 1.165) is 43.8 Å². The molecule has 1 N–H and O–H groups in total. The number of benzene rings is 1. The van der Waals surface area contributed by atoms with Crippen molar-refractivity contribution < 1.29 is 4.74 Å². The van der Waals surface area contributed by atoms with Crippen LogP contribution in [-0.4, -0.2) is 69.2 Å². The molecule has 2 aliphatic rings. The first-order valence-corrected chi connectivity index (χ1v) is 10.5. The van der Waals surface area contributed by atoms with Gasteiger partial charge in [0.1, 0.15) is 5.75 Å². The smallest absolute Gasteiger partial charge is 0.193 e. The van der Waals surface area contributed by atoms with Crippen LogP contribution in [0.1, 0.15) is 44.1 Å². The molecule has 0 aliphatic carbocycles. The highest BCUT2D eigenvalue weighted by Crippen LogP contribution is 2.28. The molecule has 2 saturated heterocycles. The second-order valence-electron chi connectivity index (χ2n) is 7.98. The first-order valence-electron chi connectivity index (χ1n) is 10.5. The van der Waals surface area contributed by atoms with Crippen molar-refractivity contribution in [3.05, 3.63) is 29.8 Å². The van der Waals surface area contributed by atoms with Crippen molar-refractivity contribution in [3.8, 4) is 5.75 Å². The number of nitrogens with zero attached hydrogens (tertiary/aromatic N) is 3. The highest BCUT2D eigenvalue weighted by atomic mass is 127. The van der Waals surface area contributed by atoms with Gasteiger partial charge in [0.25, 0.3) is 0 Å². The normalized spacial score (nSPS) is 21.5. The van der Waals surface area contributed by atoms with Crippen LogP contribution in [0.15, 0.2) is 29.3 Å². The van der Waals surface area contributed by atoms with Crippen molar-refractivity contribution in [2.45, 2.75) is 38.5 Å². The van der Waals surface area contributed by atoms with Crippen molar-refractivity contribution >= 4 is 29.9 Å². The maximum absolute atomic E-state index is 5.28. The van der Waals surface area contributed by atoms with E-state index in [9.17, 15) is 0 Å². The monoisotopic (exact) mass is 500 g/mol. The van der Waals surface area contributed by atoms with E-state index >= 15 is 0 Å². The van der Waals surface area contributed by atoms with Crippen LogP contribution in [0, 0.1) is 5.92 Å². The Kier molecular flexibility index (Phi) is 9.85. The topological polar surface area (TPSA) is 40.1 Å². The number of hydrogen-bond donors (Lipinski definition) is 1. The highest BCUT2D eigenvalue weighted by Gasteiger charge is 2.26. The minimum atomic E-state index is 0. The fourth-order valence-electron chi connectivity index (χ4n) is 4.23. The van der Waals surface area contributed by atoms with Crippen molar-refractivity contribution in [2.24, 2.45) is 10.9 Å². The summed E-state index contributed by atoms with van der Waals surface area (Å²) in [5.41, 5.74) is 1.40. The molecule has 1 aromatic rings. The number of piperidine rings is 1. The summed E-state index contributed by atoms with van der Waals surface area (Å²) in [5, 5.41) is 3.51. The number of nitrogens with one attached hydrogen (secondary N) is 1. The molecule has 6 heteroatoms. The van der Waals surface area contributed by atoms with Crippen LogP contribution in [0.2, 0.25) is 0 Å². The number of halogens is 1. The number of methoxy groups -OCH3 is 1. The van der Waals surface area contributed by atoms with Gasteiger partial charge >= 0.3 is 0 Å². The van der Waals surface area contributed by atoms with Crippen molar-refractivity contribution in [1.82, 2.24) is 15.1 Å². The predicted octanol–water partition coefficient (Wildman–Crippen LogP) is 3.80. The van der Waals surface area contributed by atoms with Crippen LogP contribution in [0.4, 0.5) is 0 Å². The zero-order valence-electron chi connectivity index (χ0n) is 17.7. The first kappa shape index (κ1) is 23.3. The Morgan fingerprint density at radius 1 is 1.14 bits per heavy atom. The molecule has 1 aromatic carbocycles. The molecule has 158 valence electrons. The molecule has 5 nitrogen and oxygen atoms in total. The summed E-state index contributed by atoms with van der Waals surface area (Å²) in [6, 6.07) is 8.55. The van der Waals surface area contributed by atoms with Gasteiger partial charge < -0.3 is 19.9 Å². The van der Waals surface area contributed by atoms with Gasteiger partial charge in [-0.2, -0.15) is 0 Å². The molecular weight excluding hydrogens is 463 g/mol. The summed E-state index contributed by atoms with van der Waals surface area (Å²) in [7, 11) is 3.95. The lowest BCUT2D eigenvalue weighted by atomic mass is 9.94. The van der Waals surface area contributed by atoms with E-state index in [1.165, 1.54) is 44.3 Å². The largest absolute Gasteiger partial charge is 0.497 e. The standard InChI is InChI=1S/C22H36N4O.HI/c1-4-23-22(24-13-9-18-10-14-25(2)15-11-18)26-16-12-20(17-26)19-5-7-21(27-3)8-6-19;/h5-8,18,20H,4,9-17H2,1-3H3,(H,23,24);1H. The van der Waals surface area contributed by atoms with E-state index in [-0.39, 0.29) is 24.0 Å². The molecule has 2 heterocycles. The highest BCUT2D eigenvalue weighted by molar-refractivity contribution is 14.0. The summed E-state index contributed by atoms with van der Waals surface area (Å²) in [4.78, 5) is 9.84. The zero-order valence-corrected chi connectivity index (χ0v) is 20.0. The van der Waals surface area contributed by atoms with E-state index in [0.29, 0.717) is 5.92 Å². The number of guanidine groups is 1. The van der Waals surface area contributed by atoms with E-state index in [4.69, 9.17) is 9.73 Å².